The van der Waals surface area contributed by atoms with E-state index in [4.69, 9.17) is 9.47 Å². The molecule has 4 nitrogen and oxygen atoms in total. The second kappa shape index (κ2) is 5.31. The van der Waals surface area contributed by atoms with Gasteiger partial charge in [0.1, 0.15) is 0 Å². The molecule has 5 heteroatoms. The highest BCUT2D eigenvalue weighted by Crippen LogP contribution is 2.18. The van der Waals surface area contributed by atoms with Crippen LogP contribution in [0.15, 0.2) is 12.1 Å². The van der Waals surface area contributed by atoms with E-state index in [9.17, 15) is 5.21 Å². The monoisotopic (exact) mass is 203 g/mol. The van der Waals surface area contributed by atoms with Gasteiger partial charge in [-0.2, -0.15) is 0 Å². The fraction of sp³-hybridized carbons (Fsp3) is 0.500. The Morgan fingerprint density at radius 3 is 2.77 bits per heavy atom. The minimum Gasteiger partial charge on any atom is -0.627 e. The van der Waals surface area contributed by atoms with Crippen LogP contribution in [0.3, 0.4) is 0 Å². The van der Waals surface area contributed by atoms with Crippen LogP contribution >= 0.6 is 11.3 Å². The van der Waals surface area contributed by atoms with Gasteiger partial charge in [-0.15, -0.1) is 0 Å². The average molecular weight is 203 g/mol. The van der Waals surface area contributed by atoms with E-state index in [-0.39, 0.29) is 11.8 Å². The largest absolute Gasteiger partial charge is 0.627 e. The lowest BCUT2D eigenvalue weighted by Gasteiger charge is -2.17. The van der Waals surface area contributed by atoms with Gasteiger partial charge < -0.3 is 19.7 Å². The first kappa shape index (κ1) is 10.6. The Morgan fingerprint density at radius 2 is 2.15 bits per heavy atom. The number of thiophene rings is 1. The molecule has 1 aromatic heterocycles. The van der Waals surface area contributed by atoms with E-state index in [2.05, 4.69) is 0 Å². The molecule has 1 atom stereocenters. The lowest BCUT2D eigenvalue weighted by molar-refractivity contribution is -0.798. The predicted molar refractivity (Wildman–Crippen MR) is 50.9 cm³/mol. The topological polar surface area (TPSA) is 46.0 Å². The molecule has 0 saturated carbocycles. The van der Waals surface area contributed by atoms with Crippen LogP contribution in [0.25, 0.3) is 0 Å². The summed E-state index contributed by atoms with van der Waals surface area (Å²) in [5.74, 6) is 0. The molecule has 74 valence electrons. The zero-order chi connectivity index (χ0) is 9.68. The van der Waals surface area contributed by atoms with Crippen molar-refractivity contribution in [1.29, 1.82) is 0 Å². The summed E-state index contributed by atoms with van der Waals surface area (Å²) < 4.78 is 9.70. The van der Waals surface area contributed by atoms with Crippen LogP contribution in [0, 0.1) is 5.21 Å². The Morgan fingerprint density at radius 1 is 1.38 bits per heavy atom. The molecular weight excluding hydrogens is 190 g/mol. The van der Waals surface area contributed by atoms with E-state index in [1.807, 2.05) is 6.07 Å². The number of methoxy groups -OCH3 is 2. The van der Waals surface area contributed by atoms with Crippen molar-refractivity contribution in [2.24, 2.45) is 0 Å². The van der Waals surface area contributed by atoms with Crippen LogP contribution in [0.4, 0.5) is 5.00 Å². The highest BCUT2D eigenvalue weighted by molar-refractivity contribution is 7.15. The summed E-state index contributed by atoms with van der Waals surface area (Å²) >= 11 is 1.45. The van der Waals surface area contributed by atoms with Gasteiger partial charge in [-0.25, -0.2) is 0 Å². The van der Waals surface area contributed by atoms with Crippen LogP contribution in [0.2, 0.25) is 0 Å². The maximum Gasteiger partial charge on any atom is 0.188 e. The number of hydrogen-bond donors (Lipinski definition) is 1. The maximum atomic E-state index is 11.3. The molecule has 1 aromatic rings. The summed E-state index contributed by atoms with van der Waals surface area (Å²) in [7, 11) is 3.15. The van der Waals surface area contributed by atoms with Gasteiger partial charge in [-0.3, -0.25) is 0 Å². The SMILES string of the molecule is COCc1ccc([NH+]([O-])COC)s1. The summed E-state index contributed by atoms with van der Waals surface area (Å²) in [6.45, 7) is 0.706. The third kappa shape index (κ3) is 3.06. The lowest BCUT2D eigenvalue weighted by Crippen LogP contribution is -3.02. The first-order valence-electron chi connectivity index (χ1n) is 3.87. The molecule has 0 amide bonds. The van der Waals surface area contributed by atoms with Crippen LogP contribution < -0.4 is 5.06 Å². The van der Waals surface area contributed by atoms with Crippen molar-refractivity contribution in [2.75, 3.05) is 21.0 Å². The normalized spacial score (nSPS) is 13.2. The second-order valence-corrected chi connectivity index (χ2v) is 3.72. The van der Waals surface area contributed by atoms with Crippen LogP contribution in [-0.4, -0.2) is 21.0 Å². The first-order chi connectivity index (χ1) is 6.27. The molecule has 0 aliphatic carbocycles. The van der Waals surface area contributed by atoms with Crippen molar-refractivity contribution in [3.05, 3.63) is 22.2 Å². The van der Waals surface area contributed by atoms with Crippen LogP contribution in [0.1, 0.15) is 4.88 Å². The molecule has 1 unspecified atom stereocenters. The van der Waals surface area contributed by atoms with Crippen LogP contribution in [-0.2, 0) is 16.1 Å². The highest BCUT2D eigenvalue weighted by Gasteiger charge is 2.05. The smallest absolute Gasteiger partial charge is 0.188 e. The number of quaternary nitrogens is 1. The Hall–Kier alpha value is -0.460. The lowest BCUT2D eigenvalue weighted by atomic mass is 10.5. The molecule has 0 spiro atoms. The molecular formula is C8H13NO3S. The molecule has 0 aromatic carbocycles. The Labute approximate surface area is 81.3 Å². The molecule has 0 aliphatic heterocycles. The first-order valence-corrected chi connectivity index (χ1v) is 4.69. The molecule has 1 N–H and O–H groups in total. The van der Waals surface area contributed by atoms with Crippen molar-refractivity contribution >= 4 is 16.3 Å². The zero-order valence-corrected chi connectivity index (χ0v) is 8.52. The fourth-order valence-electron chi connectivity index (χ4n) is 0.950. The minimum atomic E-state index is 0.0230. The van der Waals surface area contributed by atoms with Gasteiger partial charge in [0.15, 0.2) is 11.7 Å². The van der Waals surface area contributed by atoms with Crippen molar-refractivity contribution < 1.29 is 14.5 Å². The molecule has 1 heterocycles. The molecule has 1 rings (SSSR count). The third-order valence-electron chi connectivity index (χ3n) is 1.50. The summed E-state index contributed by atoms with van der Waals surface area (Å²) in [6, 6.07) is 3.71. The summed E-state index contributed by atoms with van der Waals surface area (Å²) in [5.41, 5.74) is 0. The molecule has 0 fully saturated rings. The number of rotatable bonds is 5. The standard InChI is InChI=1S/C8H13NO3S/c1-11-5-7-3-4-8(13-7)9(10)6-12-2/h3-4,9H,5-6H2,1-2H3. The van der Waals surface area contributed by atoms with Gasteiger partial charge in [0.05, 0.1) is 6.61 Å². The van der Waals surface area contributed by atoms with Crippen LogP contribution in [0.5, 0.6) is 0 Å². The number of hydroxylamine groups is 1. The number of hydrogen-bond acceptors (Lipinski definition) is 4. The Bertz CT molecular complexity index is 251. The van der Waals surface area contributed by atoms with E-state index in [1.165, 1.54) is 18.4 Å². The Kier molecular flexibility index (Phi) is 4.34. The summed E-state index contributed by atoms with van der Waals surface area (Å²) in [6.07, 6.45) is 0. The molecule has 0 bridgehead atoms. The van der Waals surface area contributed by atoms with Gasteiger partial charge in [0.25, 0.3) is 0 Å². The number of nitrogens with one attached hydrogen (secondary N) is 1. The van der Waals surface area contributed by atoms with Crippen molar-refractivity contribution in [2.45, 2.75) is 6.61 Å². The van der Waals surface area contributed by atoms with Gasteiger partial charge in [-0.1, -0.05) is 11.3 Å². The average Bonchev–Trinajstić information content (AvgIpc) is 2.54. The second-order valence-electron chi connectivity index (χ2n) is 2.56. The summed E-state index contributed by atoms with van der Waals surface area (Å²) in [5, 5.41) is 12.1. The zero-order valence-electron chi connectivity index (χ0n) is 7.70. The van der Waals surface area contributed by atoms with E-state index < -0.39 is 0 Å². The molecule has 0 aliphatic rings. The predicted octanol–water partition coefficient (Wildman–Crippen LogP) is 0.513. The van der Waals surface area contributed by atoms with Crippen molar-refractivity contribution in [3.63, 3.8) is 0 Å². The van der Waals surface area contributed by atoms with Gasteiger partial charge in [0, 0.05) is 25.2 Å². The van der Waals surface area contributed by atoms with Crippen molar-refractivity contribution in [3.8, 4) is 0 Å². The molecule has 13 heavy (non-hydrogen) atoms. The Balaban J connectivity index is 2.56. The molecule has 0 radical (unpaired) electrons. The quantitative estimate of drug-likeness (QED) is 0.560. The maximum absolute atomic E-state index is 11.3. The van der Waals surface area contributed by atoms with Gasteiger partial charge in [0.2, 0.25) is 0 Å². The third-order valence-corrected chi connectivity index (χ3v) is 2.60. The van der Waals surface area contributed by atoms with E-state index in [0.29, 0.717) is 6.61 Å². The van der Waals surface area contributed by atoms with Gasteiger partial charge in [-0.05, 0) is 6.07 Å². The number of ether oxygens (including phenoxy) is 2. The summed E-state index contributed by atoms with van der Waals surface area (Å²) in [4.78, 5) is 1.06. The van der Waals surface area contributed by atoms with E-state index in [0.717, 1.165) is 9.88 Å². The highest BCUT2D eigenvalue weighted by atomic mass is 32.1. The fourth-order valence-corrected chi connectivity index (χ4v) is 1.85. The van der Waals surface area contributed by atoms with Crippen molar-refractivity contribution in [1.82, 2.24) is 0 Å². The minimum absolute atomic E-state index is 0.0230. The molecule has 0 saturated heterocycles. The van der Waals surface area contributed by atoms with Gasteiger partial charge >= 0.3 is 0 Å². The van der Waals surface area contributed by atoms with E-state index >= 15 is 0 Å². The van der Waals surface area contributed by atoms with E-state index in [1.54, 1.807) is 13.2 Å².